The second-order valence-corrected chi connectivity index (χ2v) is 8.92. The number of ether oxygens (including phenoxy) is 3. The minimum atomic E-state index is -0.336. The van der Waals surface area contributed by atoms with Gasteiger partial charge in [0.25, 0.3) is 5.56 Å². The molecule has 1 saturated heterocycles. The first-order chi connectivity index (χ1) is 16.6. The number of fused-ring (bicyclic) bond motifs is 2. The van der Waals surface area contributed by atoms with Gasteiger partial charge in [-0.15, -0.1) is 0 Å². The highest BCUT2D eigenvalue weighted by molar-refractivity contribution is 7.98. The summed E-state index contributed by atoms with van der Waals surface area (Å²) in [5, 5.41) is 4.96. The van der Waals surface area contributed by atoms with Crippen molar-refractivity contribution >= 4 is 22.7 Å². The second kappa shape index (κ2) is 8.73. The molecule has 34 heavy (non-hydrogen) atoms. The van der Waals surface area contributed by atoms with E-state index in [1.54, 1.807) is 28.8 Å². The third kappa shape index (κ3) is 4.01. The summed E-state index contributed by atoms with van der Waals surface area (Å²) in [6.45, 7) is 1.21. The van der Waals surface area contributed by atoms with Crippen LogP contribution < -0.4 is 15.0 Å². The highest BCUT2D eigenvalue weighted by atomic mass is 32.2. The van der Waals surface area contributed by atoms with Gasteiger partial charge in [0.2, 0.25) is 18.5 Å². The van der Waals surface area contributed by atoms with Gasteiger partial charge >= 0.3 is 0 Å². The number of hydrogen-bond donors (Lipinski definition) is 0. The van der Waals surface area contributed by atoms with Crippen molar-refractivity contribution in [1.29, 1.82) is 0 Å². The molecule has 4 heterocycles. The van der Waals surface area contributed by atoms with E-state index in [1.165, 1.54) is 23.9 Å². The lowest BCUT2D eigenvalue weighted by atomic mass is 10.2. The number of rotatable bonds is 6. The smallest absolute Gasteiger partial charge is 0.262 e. The van der Waals surface area contributed by atoms with Crippen LogP contribution in [0.25, 0.3) is 22.3 Å². The third-order valence-electron chi connectivity index (χ3n) is 5.72. The first-order valence-electron chi connectivity index (χ1n) is 10.8. The SMILES string of the molecule is O=c1c2cc3c(cc2nc(SCc2nc(-c4ccc(F)cc4)no2)n1C[C@H]1CCCO1)OCO3. The van der Waals surface area contributed by atoms with Crippen molar-refractivity contribution in [2.75, 3.05) is 13.4 Å². The normalized spacial score (nSPS) is 17.0. The lowest BCUT2D eigenvalue weighted by Gasteiger charge is -2.16. The van der Waals surface area contributed by atoms with Crippen LogP contribution in [0.3, 0.4) is 0 Å². The Morgan fingerprint density at radius 2 is 1.94 bits per heavy atom. The standard InChI is InChI=1S/C23H19FN4O5S/c24-14-5-3-13(4-6-14)21-26-20(33-27-21)11-34-23-25-17-9-19-18(31-12-32-19)8-16(17)22(29)28(23)10-15-2-1-7-30-15/h3-6,8-9,15H,1-2,7,10-12H2/t15-/m1/s1. The van der Waals surface area contributed by atoms with Crippen molar-refractivity contribution < 1.29 is 23.1 Å². The first-order valence-corrected chi connectivity index (χ1v) is 11.8. The number of hydrogen-bond acceptors (Lipinski definition) is 9. The Hall–Kier alpha value is -3.44. The van der Waals surface area contributed by atoms with Crippen LogP contribution in [0.5, 0.6) is 11.5 Å². The molecule has 0 amide bonds. The van der Waals surface area contributed by atoms with Gasteiger partial charge in [-0.2, -0.15) is 4.98 Å². The number of nitrogens with zero attached hydrogens (tertiary/aromatic N) is 4. The average Bonchev–Trinajstić information content (AvgIpc) is 3.61. The summed E-state index contributed by atoms with van der Waals surface area (Å²) < 4.78 is 36.9. The highest BCUT2D eigenvalue weighted by Crippen LogP contribution is 2.35. The van der Waals surface area contributed by atoms with E-state index < -0.39 is 0 Å². The molecule has 9 nitrogen and oxygen atoms in total. The molecule has 11 heteroatoms. The zero-order valence-corrected chi connectivity index (χ0v) is 18.7. The molecule has 2 aromatic carbocycles. The fourth-order valence-electron chi connectivity index (χ4n) is 4.01. The first kappa shape index (κ1) is 21.1. The predicted octanol–water partition coefficient (Wildman–Crippen LogP) is 3.79. The van der Waals surface area contributed by atoms with Crippen LogP contribution in [0.1, 0.15) is 18.7 Å². The summed E-state index contributed by atoms with van der Waals surface area (Å²) in [4.78, 5) is 22.6. The van der Waals surface area contributed by atoms with Gasteiger partial charge in [-0.25, -0.2) is 9.37 Å². The van der Waals surface area contributed by atoms with E-state index in [0.717, 1.165) is 12.8 Å². The minimum Gasteiger partial charge on any atom is -0.454 e. The van der Waals surface area contributed by atoms with Crippen LogP contribution in [-0.4, -0.2) is 39.2 Å². The van der Waals surface area contributed by atoms with Crippen molar-refractivity contribution in [3.63, 3.8) is 0 Å². The van der Waals surface area contributed by atoms with E-state index in [0.29, 0.717) is 63.7 Å². The summed E-state index contributed by atoms with van der Waals surface area (Å²) in [6, 6.07) is 9.26. The van der Waals surface area contributed by atoms with E-state index in [4.69, 9.17) is 23.7 Å². The van der Waals surface area contributed by atoms with Crippen molar-refractivity contribution in [1.82, 2.24) is 19.7 Å². The third-order valence-corrected chi connectivity index (χ3v) is 6.68. The van der Waals surface area contributed by atoms with Gasteiger partial charge in [0.1, 0.15) is 5.82 Å². The van der Waals surface area contributed by atoms with Crippen LogP contribution in [0.4, 0.5) is 4.39 Å². The topological polar surface area (TPSA) is 102 Å². The van der Waals surface area contributed by atoms with E-state index in [1.807, 2.05) is 0 Å². The molecular formula is C23H19FN4O5S. The fraction of sp³-hybridized carbons (Fsp3) is 0.304. The molecule has 0 aliphatic carbocycles. The molecule has 1 fully saturated rings. The largest absolute Gasteiger partial charge is 0.454 e. The van der Waals surface area contributed by atoms with E-state index >= 15 is 0 Å². The van der Waals surface area contributed by atoms with Crippen LogP contribution in [0, 0.1) is 5.82 Å². The van der Waals surface area contributed by atoms with Gasteiger partial charge < -0.3 is 18.7 Å². The van der Waals surface area contributed by atoms with Gasteiger partial charge in [0.05, 0.1) is 29.3 Å². The Morgan fingerprint density at radius 3 is 2.74 bits per heavy atom. The van der Waals surface area contributed by atoms with Gasteiger partial charge in [-0.1, -0.05) is 16.9 Å². The molecule has 1 atom stereocenters. The van der Waals surface area contributed by atoms with E-state index in [9.17, 15) is 9.18 Å². The van der Waals surface area contributed by atoms with Crippen LogP contribution in [0.15, 0.2) is 50.9 Å². The zero-order valence-electron chi connectivity index (χ0n) is 17.9. The Kier molecular flexibility index (Phi) is 5.42. The van der Waals surface area contributed by atoms with Gasteiger partial charge in [0.15, 0.2) is 16.7 Å². The quantitative estimate of drug-likeness (QED) is 0.300. The zero-order chi connectivity index (χ0) is 23.1. The van der Waals surface area contributed by atoms with Crippen molar-refractivity contribution in [2.45, 2.75) is 36.4 Å². The molecule has 2 aliphatic heterocycles. The summed E-state index contributed by atoms with van der Waals surface area (Å²) >= 11 is 1.32. The van der Waals surface area contributed by atoms with Crippen LogP contribution in [-0.2, 0) is 17.0 Å². The average molecular weight is 482 g/mol. The molecule has 174 valence electrons. The highest BCUT2D eigenvalue weighted by Gasteiger charge is 2.23. The lowest BCUT2D eigenvalue weighted by molar-refractivity contribution is 0.0937. The molecule has 0 N–H and O–H groups in total. The predicted molar refractivity (Wildman–Crippen MR) is 120 cm³/mol. The molecule has 0 spiro atoms. The molecule has 0 radical (unpaired) electrons. The summed E-state index contributed by atoms with van der Waals surface area (Å²) in [5.74, 6) is 1.81. The Bertz CT molecular complexity index is 1420. The van der Waals surface area contributed by atoms with Crippen LogP contribution in [0.2, 0.25) is 0 Å². The molecule has 0 unspecified atom stereocenters. The maximum Gasteiger partial charge on any atom is 0.262 e. The molecule has 2 aliphatic rings. The maximum atomic E-state index is 13.4. The Labute approximate surface area is 196 Å². The van der Waals surface area contributed by atoms with Gasteiger partial charge in [0, 0.05) is 18.2 Å². The summed E-state index contributed by atoms with van der Waals surface area (Å²) in [5.41, 5.74) is 1.01. The summed E-state index contributed by atoms with van der Waals surface area (Å²) in [7, 11) is 0. The van der Waals surface area contributed by atoms with Crippen LogP contribution >= 0.6 is 11.8 Å². The van der Waals surface area contributed by atoms with Crippen molar-refractivity contribution in [2.24, 2.45) is 0 Å². The number of thioether (sulfide) groups is 1. The van der Waals surface area contributed by atoms with Crippen molar-refractivity contribution in [3.8, 4) is 22.9 Å². The van der Waals surface area contributed by atoms with Gasteiger partial charge in [-0.05, 0) is 43.2 Å². The van der Waals surface area contributed by atoms with E-state index in [2.05, 4.69) is 10.1 Å². The Balaban J connectivity index is 1.32. The lowest BCUT2D eigenvalue weighted by Crippen LogP contribution is -2.28. The molecule has 0 saturated carbocycles. The fourth-order valence-corrected chi connectivity index (χ4v) is 4.86. The second-order valence-electron chi connectivity index (χ2n) is 7.98. The number of aromatic nitrogens is 4. The minimum absolute atomic E-state index is 0.0428. The summed E-state index contributed by atoms with van der Waals surface area (Å²) in [6.07, 6.45) is 1.81. The number of halogens is 1. The molecule has 4 aromatic rings. The molecular weight excluding hydrogens is 463 g/mol. The Morgan fingerprint density at radius 1 is 1.12 bits per heavy atom. The van der Waals surface area contributed by atoms with E-state index in [-0.39, 0.29) is 24.3 Å². The monoisotopic (exact) mass is 482 g/mol. The molecule has 2 aromatic heterocycles. The van der Waals surface area contributed by atoms with Crippen molar-refractivity contribution in [3.05, 3.63) is 58.5 Å². The van der Waals surface area contributed by atoms with Gasteiger partial charge in [-0.3, -0.25) is 9.36 Å². The molecule has 0 bridgehead atoms. The maximum absolute atomic E-state index is 13.4. The molecule has 6 rings (SSSR count). The number of benzene rings is 2.